The Kier molecular flexibility index (Phi) is 3.16. The minimum absolute atomic E-state index is 0.185. The molecule has 4 rings (SSSR count). The van der Waals surface area contributed by atoms with Gasteiger partial charge in [0.15, 0.2) is 0 Å². The van der Waals surface area contributed by atoms with Crippen LogP contribution in [-0.4, -0.2) is 33.2 Å². The molecule has 1 fully saturated rings. The molecule has 1 aromatic carbocycles. The Hall–Kier alpha value is -2.34. The molecule has 3 amide bonds. The number of amides is 3. The van der Waals surface area contributed by atoms with Crippen LogP contribution < -0.4 is 5.32 Å². The Balaban J connectivity index is 1.61. The third kappa shape index (κ3) is 2.13. The average molecular weight is 331 g/mol. The largest absolute Gasteiger partial charge is 0.325 e. The van der Waals surface area contributed by atoms with E-state index in [9.17, 15) is 9.59 Å². The first-order chi connectivity index (χ1) is 11.1. The van der Waals surface area contributed by atoms with Crippen LogP contribution in [0.2, 0.25) is 5.02 Å². The lowest BCUT2D eigenvalue weighted by Gasteiger charge is -2.22. The number of nitrogens with one attached hydrogen (secondary N) is 1. The second-order valence-corrected chi connectivity index (χ2v) is 6.30. The van der Waals surface area contributed by atoms with Crippen LogP contribution in [0.15, 0.2) is 36.7 Å². The number of benzene rings is 1. The maximum absolute atomic E-state index is 12.9. The van der Waals surface area contributed by atoms with Gasteiger partial charge < -0.3 is 5.32 Å². The van der Waals surface area contributed by atoms with E-state index in [1.165, 1.54) is 4.90 Å². The molecular weight excluding hydrogens is 316 g/mol. The smallest absolute Gasteiger partial charge is 0.319 e. The third-order valence-corrected chi connectivity index (χ3v) is 4.82. The molecule has 1 saturated heterocycles. The Morgan fingerprint density at radius 3 is 2.96 bits per heavy atom. The molecule has 6 nitrogen and oxygen atoms in total. The minimum atomic E-state index is -0.929. The summed E-state index contributed by atoms with van der Waals surface area (Å²) in [4.78, 5) is 26.5. The number of urea groups is 1. The summed E-state index contributed by atoms with van der Waals surface area (Å²) >= 11 is 6.03. The molecule has 1 aliphatic heterocycles. The number of fused-ring (bicyclic) bond motifs is 2. The van der Waals surface area contributed by atoms with Gasteiger partial charge in [-0.2, -0.15) is 5.10 Å². The van der Waals surface area contributed by atoms with Crippen molar-refractivity contribution in [1.82, 2.24) is 20.0 Å². The molecule has 2 aromatic rings. The zero-order chi connectivity index (χ0) is 16.0. The molecule has 0 radical (unpaired) electrons. The van der Waals surface area contributed by atoms with E-state index in [4.69, 9.17) is 11.6 Å². The number of nitrogens with zero attached hydrogens (tertiary/aromatic N) is 3. The molecule has 23 heavy (non-hydrogen) atoms. The van der Waals surface area contributed by atoms with Crippen LogP contribution in [0.25, 0.3) is 0 Å². The molecule has 1 aliphatic carbocycles. The minimum Gasteiger partial charge on any atom is -0.319 e. The van der Waals surface area contributed by atoms with Gasteiger partial charge in [-0.25, -0.2) is 4.79 Å². The Morgan fingerprint density at radius 1 is 1.30 bits per heavy atom. The van der Waals surface area contributed by atoms with Crippen molar-refractivity contribution in [2.24, 2.45) is 0 Å². The van der Waals surface area contributed by atoms with E-state index in [1.54, 1.807) is 23.1 Å². The van der Waals surface area contributed by atoms with Crippen LogP contribution >= 0.6 is 11.6 Å². The maximum atomic E-state index is 12.9. The first-order valence-corrected chi connectivity index (χ1v) is 7.88. The Morgan fingerprint density at radius 2 is 2.17 bits per heavy atom. The van der Waals surface area contributed by atoms with E-state index < -0.39 is 5.54 Å². The fraction of sp³-hybridized carbons (Fsp3) is 0.312. The van der Waals surface area contributed by atoms with Crippen molar-refractivity contribution in [1.29, 1.82) is 0 Å². The number of halogens is 1. The van der Waals surface area contributed by atoms with Crippen LogP contribution in [0.4, 0.5) is 4.79 Å². The van der Waals surface area contributed by atoms with Gasteiger partial charge in [0.1, 0.15) is 5.54 Å². The molecule has 1 spiro atoms. The van der Waals surface area contributed by atoms with Crippen molar-refractivity contribution >= 4 is 23.5 Å². The van der Waals surface area contributed by atoms with E-state index in [1.807, 2.05) is 18.2 Å². The number of hydrogen-bond donors (Lipinski definition) is 1. The molecule has 1 aromatic heterocycles. The molecule has 118 valence electrons. The van der Waals surface area contributed by atoms with E-state index >= 15 is 0 Å². The van der Waals surface area contributed by atoms with Crippen LogP contribution in [-0.2, 0) is 23.3 Å². The predicted octanol–water partition coefficient (Wildman–Crippen LogP) is 1.93. The van der Waals surface area contributed by atoms with Crippen LogP contribution in [0.1, 0.15) is 17.5 Å². The van der Waals surface area contributed by atoms with Gasteiger partial charge in [0.2, 0.25) is 0 Å². The van der Waals surface area contributed by atoms with Crippen molar-refractivity contribution in [3.8, 4) is 0 Å². The summed E-state index contributed by atoms with van der Waals surface area (Å²) in [6.07, 6.45) is 4.78. The molecule has 2 heterocycles. The SMILES string of the molecule is O=C1N[C@@]2(CCc3cc(Cl)ccc32)C(=O)N1CCn1cccn1. The summed E-state index contributed by atoms with van der Waals surface area (Å²) in [5.74, 6) is -0.185. The number of carbonyl (C=O) groups excluding carboxylic acids is 2. The van der Waals surface area contributed by atoms with Crippen molar-refractivity contribution in [3.05, 3.63) is 52.8 Å². The van der Waals surface area contributed by atoms with Crippen LogP contribution in [0.5, 0.6) is 0 Å². The van der Waals surface area contributed by atoms with Gasteiger partial charge in [0.25, 0.3) is 5.91 Å². The Bertz CT molecular complexity index is 789. The van der Waals surface area contributed by atoms with Gasteiger partial charge in [0, 0.05) is 17.4 Å². The lowest BCUT2D eigenvalue weighted by molar-refractivity contribution is -0.131. The number of hydrogen-bond acceptors (Lipinski definition) is 3. The highest BCUT2D eigenvalue weighted by Gasteiger charge is 2.55. The molecular formula is C16H15ClN4O2. The zero-order valence-corrected chi connectivity index (χ0v) is 13.1. The normalized spacial score (nSPS) is 22.7. The predicted molar refractivity (Wildman–Crippen MR) is 83.9 cm³/mol. The number of aryl methyl sites for hydroxylation is 1. The topological polar surface area (TPSA) is 67.2 Å². The highest BCUT2D eigenvalue weighted by atomic mass is 35.5. The lowest BCUT2D eigenvalue weighted by Crippen LogP contribution is -2.42. The van der Waals surface area contributed by atoms with Gasteiger partial charge in [-0.05, 0) is 42.2 Å². The molecule has 1 N–H and O–H groups in total. The van der Waals surface area contributed by atoms with Gasteiger partial charge in [-0.15, -0.1) is 0 Å². The average Bonchev–Trinajstić information content (AvgIpc) is 3.20. The van der Waals surface area contributed by atoms with Crippen molar-refractivity contribution in [2.45, 2.75) is 24.9 Å². The lowest BCUT2D eigenvalue weighted by atomic mass is 9.92. The third-order valence-electron chi connectivity index (χ3n) is 4.58. The van der Waals surface area contributed by atoms with Gasteiger partial charge in [-0.3, -0.25) is 14.4 Å². The number of rotatable bonds is 3. The molecule has 1 atom stereocenters. The van der Waals surface area contributed by atoms with Gasteiger partial charge >= 0.3 is 6.03 Å². The molecule has 0 bridgehead atoms. The monoisotopic (exact) mass is 330 g/mol. The Labute approximate surface area is 138 Å². The summed E-state index contributed by atoms with van der Waals surface area (Å²) < 4.78 is 1.70. The highest BCUT2D eigenvalue weighted by molar-refractivity contribution is 6.30. The van der Waals surface area contributed by atoms with Crippen LogP contribution in [0.3, 0.4) is 0 Å². The number of imide groups is 1. The number of aromatic nitrogens is 2. The van der Waals surface area contributed by atoms with E-state index in [0.29, 0.717) is 24.5 Å². The van der Waals surface area contributed by atoms with Crippen molar-refractivity contribution < 1.29 is 9.59 Å². The molecule has 0 saturated carbocycles. The van der Waals surface area contributed by atoms with Gasteiger partial charge in [-0.1, -0.05) is 17.7 Å². The summed E-state index contributed by atoms with van der Waals surface area (Å²) in [5, 5.41) is 7.64. The molecule has 0 unspecified atom stereocenters. The molecule has 7 heteroatoms. The second kappa shape index (κ2) is 5.09. The van der Waals surface area contributed by atoms with E-state index in [-0.39, 0.29) is 11.9 Å². The first kappa shape index (κ1) is 14.3. The quantitative estimate of drug-likeness (QED) is 0.874. The van der Waals surface area contributed by atoms with Crippen molar-refractivity contribution in [3.63, 3.8) is 0 Å². The summed E-state index contributed by atoms with van der Waals surface area (Å²) in [6, 6.07) is 6.95. The fourth-order valence-corrected chi connectivity index (χ4v) is 3.65. The van der Waals surface area contributed by atoms with Crippen LogP contribution in [0, 0.1) is 0 Å². The van der Waals surface area contributed by atoms with Gasteiger partial charge in [0.05, 0.1) is 13.1 Å². The highest BCUT2D eigenvalue weighted by Crippen LogP contribution is 2.42. The summed E-state index contributed by atoms with van der Waals surface area (Å²) in [5.41, 5.74) is 0.961. The zero-order valence-electron chi connectivity index (χ0n) is 12.3. The van der Waals surface area contributed by atoms with E-state index in [2.05, 4.69) is 10.4 Å². The molecule has 2 aliphatic rings. The summed E-state index contributed by atoms with van der Waals surface area (Å²) in [6.45, 7) is 0.784. The standard InChI is InChI=1S/C16H15ClN4O2/c17-12-2-3-13-11(10-12)4-5-16(13)14(22)21(15(23)19-16)9-8-20-7-1-6-18-20/h1-3,6-7,10H,4-5,8-9H2,(H,19,23)/t16-/m1/s1. The maximum Gasteiger partial charge on any atom is 0.325 e. The summed E-state index contributed by atoms with van der Waals surface area (Å²) in [7, 11) is 0. The van der Waals surface area contributed by atoms with Crippen molar-refractivity contribution in [2.75, 3.05) is 6.54 Å². The first-order valence-electron chi connectivity index (χ1n) is 7.51. The number of carbonyl (C=O) groups is 2. The second-order valence-electron chi connectivity index (χ2n) is 5.86. The fourth-order valence-electron chi connectivity index (χ4n) is 3.46. The van der Waals surface area contributed by atoms with E-state index in [0.717, 1.165) is 17.5 Å².